The van der Waals surface area contributed by atoms with Crippen molar-refractivity contribution in [2.75, 3.05) is 18.0 Å². The van der Waals surface area contributed by atoms with Gasteiger partial charge in [0.2, 0.25) is 5.95 Å². The SMILES string of the molecule is FC(F)(F)c1ncccc1Sc1cnc2[nH]c(N3CCCCC3)nc2n1. The summed E-state index contributed by atoms with van der Waals surface area (Å²) < 4.78 is 39.2. The first kappa shape index (κ1) is 17.1. The Labute approximate surface area is 151 Å². The van der Waals surface area contributed by atoms with Gasteiger partial charge in [0.25, 0.3) is 0 Å². The zero-order chi connectivity index (χ0) is 18.1. The summed E-state index contributed by atoms with van der Waals surface area (Å²) in [5.41, 5.74) is -0.00638. The third-order valence-electron chi connectivity index (χ3n) is 4.08. The standard InChI is InChI=1S/C16H15F3N6S/c17-16(18,19)12-10(5-4-6-20-12)26-11-9-21-13-14(22-11)24-15(23-13)25-7-2-1-3-8-25/h4-6,9H,1-3,7-8H2,(H,21,22,23,24). The molecule has 1 saturated heterocycles. The lowest BCUT2D eigenvalue weighted by molar-refractivity contribution is -0.143. The molecular formula is C16H15F3N6S. The molecule has 26 heavy (non-hydrogen) atoms. The summed E-state index contributed by atoms with van der Waals surface area (Å²) in [6.07, 6.45) is 1.48. The molecule has 6 nitrogen and oxygen atoms in total. The molecule has 1 fully saturated rings. The molecule has 0 aromatic carbocycles. The highest BCUT2D eigenvalue weighted by Crippen LogP contribution is 2.37. The summed E-state index contributed by atoms with van der Waals surface area (Å²) in [6.45, 7) is 1.85. The highest BCUT2D eigenvalue weighted by molar-refractivity contribution is 7.99. The van der Waals surface area contributed by atoms with Gasteiger partial charge in [0, 0.05) is 24.2 Å². The van der Waals surface area contributed by atoms with Crippen molar-refractivity contribution in [2.24, 2.45) is 0 Å². The van der Waals surface area contributed by atoms with Crippen LogP contribution in [0.3, 0.4) is 0 Å². The maximum absolute atomic E-state index is 13.1. The average molecular weight is 380 g/mol. The zero-order valence-electron chi connectivity index (χ0n) is 13.6. The molecule has 3 aromatic rings. The number of hydrogen-bond donors (Lipinski definition) is 1. The lowest BCUT2D eigenvalue weighted by atomic mass is 10.1. The van der Waals surface area contributed by atoms with E-state index in [0.29, 0.717) is 22.3 Å². The summed E-state index contributed by atoms with van der Waals surface area (Å²) in [7, 11) is 0. The van der Waals surface area contributed by atoms with Crippen LogP contribution < -0.4 is 4.90 Å². The first-order valence-corrected chi connectivity index (χ1v) is 9.00. The maximum atomic E-state index is 13.1. The fourth-order valence-electron chi connectivity index (χ4n) is 2.87. The summed E-state index contributed by atoms with van der Waals surface area (Å²) in [4.78, 5) is 21.8. The molecule has 0 aliphatic carbocycles. The lowest BCUT2D eigenvalue weighted by Gasteiger charge is -2.25. The molecule has 4 heterocycles. The van der Waals surface area contributed by atoms with Crippen molar-refractivity contribution in [3.63, 3.8) is 0 Å². The molecule has 1 aliphatic rings. The van der Waals surface area contributed by atoms with Crippen LogP contribution in [0, 0.1) is 0 Å². The molecule has 1 aliphatic heterocycles. The van der Waals surface area contributed by atoms with Gasteiger partial charge < -0.3 is 9.88 Å². The number of anilines is 1. The number of hydrogen-bond acceptors (Lipinski definition) is 6. The highest BCUT2D eigenvalue weighted by Gasteiger charge is 2.35. The van der Waals surface area contributed by atoms with E-state index < -0.39 is 11.9 Å². The van der Waals surface area contributed by atoms with Crippen LogP contribution in [-0.4, -0.2) is 38.0 Å². The molecule has 0 unspecified atom stereocenters. The predicted molar refractivity (Wildman–Crippen MR) is 91.1 cm³/mol. The van der Waals surface area contributed by atoms with Crippen LogP contribution in [0.5, 0.6) is 0 Å². The number of pyridine rings is 1. The van der Waals surface area contributed by atoms with Gasteiger partial charge in [0.15, 0.2) is 17.0 Å². The van der Waals surface area contributed by atoms with E-state index in [2.05, 4.69) is 29.8 Å². The second-order valence-electron chi connectivity index (χ2n) is 5.94. The third-order valence-corrected chi connectivity index (χ3v) is 5.04. The fourth-order valence-corrected chi connectivity index (χ4v) is 3.74. The normalized spacial score (nSPS) is 15.6. The summed E-state index contributed by atoms with van der Waals surface area (Å²) >= 11 is 0.877. The van der Waals surface area contributed by atoms with Crippen LogP contribution in [0.25, 0.3) is 11.3 Å². The van der Waals surface area contributed by atoms with E-state index in [9.17, 15) is 13.2 Å². The molecule has 4 rings (SSSR count). The topological polar surface area (TPSA) is 70.6 Å². The van der Waals surface area contributed by atoms with Gasteiger partial charge in [-0.05, 0) is 31.4 Å². The van der Waals surface area contributed by atoms with Gasteiger partial charge in [-0.3, -0.25) is 4.98 Å². The van der Waals surface area contributed by atoms with Gasteiger partial charge in [-0.2, -0.15) is 18.2 Å². The number of piperidine rings is 1. The van der Waals surface area contributed by atoms with E-state index in [4.69, 9.17) is 0 Å². The molecule has 0 amide bonds. The van der Waals surface area contributed by atoms with Gasteiger partial charge in [-0.15, -0.1) is 0 Å². The van der Waals surface area contributed by atoms with Gasteiger partial charge in [0.1, 0.15) is 5.03 Å². The fraction of sp³-hybridized carbons (Fsp3) is 0.375. The van der Waals surface area contributed by atoms with Crippen LogP contribution in [-0.2, 0) is 6.18 Å². The molecule has 0 radical (unpaired) electrons. The number of H-pyrrole nitrogens is 1. The summed E-state index contributed by atoms with van der Waals surface area (Å²) in [5, 5.41) is 0.340. The number of fused-ring (bicyclic) bond motifs is 1. The van der Waals surface area contributed by atoms with E-state index in [1.54, 1.807) is 0 Å². The molecular weight excluding hydrogens is 365 g/mol. The maximum Gasteiger partial charge on any atom is 0.434 e. The Bertz CT molecular complexity index is 920. The minimum Gasteiger partial charge on any atom is -0.342 e. The van der Waals surface area contributed by atoms with Gasteiger partial charge in [-0.1, -0.05) is 11.8 Å². The van der Waals surface area contributed by atoms with E-state index in [-0.39, 0.29) is 4.90 Å². The summed E-state index contributed by atoms with van der Waals surface area (Å²) in [6, 6.07) is 2.84. The molecule has 10 heteroatoms. The number of imidazole rings is 1. The molecule has 0 bridgehead atoms. The Balaban J connectivity index is 1.62. The van der Waals surface area contributed by atoms with E-state index in [0.717, 1.165) is 43.9 Å². The van der Waals surface area contributed by atoms with Crippen molar-refractivity contribution in [1.82, 2.24) is 24.9 Å². The predicted octanol–water partition coefficient (Wildman–Crippen LogP) is 3.91. The Morgan fingerprint density at radius 1 is 1.08 bits per heavy atom. The Morgan fingerprint density at radius 3 is 2.65 bits per heavy atom. The zero-order valence-corrected chi connectivity index (χ0v) is 14.4. The number of nitrogens with one attached hydrogen (secondary N) is 1. The van der Waals surface area contributed by atoms with E-state index >= 15 is 0 Å². The second-order valence-corrected chi connectivity index (χ2v) is 7.00. The van der Waals surface area contributed by atoms with E-state index in [1.807, 2.05) is 0 Å². The van der Waals surface area contributed by atoms with E-state index in [1.165, 1.54) is 24.8 Å². The van der Waals surface area contributed by atoms with Crippen molar-refractivity contribution in [1.29, 1.82) is 0 Å². The Kier molecular flexibility index (Phi) is 4.43. The number of nitrogens with zero attached hydrogens (tertiary/aromatic N) is 5. The van der Waals surface area contributed by atoms with Crippen molar-refractivity contribution < 1.29 is 13.2 Å². The van der Waals surface area contributed by atoms with Crippen molar-refractivity contribution >= 4 is 29.0 Å². The minimum atomic E-state index is -4.52. The molecule has 136 valence electrons. The van der Waals surface area contributed by atoms with Gasteiger partial charge in [-0.25, -0.2) is 9.97 Å². The van der Waals surface area contributed by atoms with Crippen LogP contribution in [0.2, 0.25) is 0 Å². The number of aromatic nitrogens is 5. The number of aromatic amines is 1. The Morgan fingerprint density at radius 2 is 1.88 bits per heavy atom. The lowest BCUT2D eigenvalue weighted by Crippen LogP contribution is -2.30. The first-order valence-electron chi connectivity index (χ1n) is 8.18. The highest BCUT2D eigenvalue weighted by atomic mass is 32.2. The molecule has 0 spiro atoms. The minimum absolute atomic E-state index is 0.0135. The van der Waals surface area contributed by atoms with Crippen molar-refractivity contribution in [3.8, 4) is 0 Å². The third kappa shape index (κ3) is 3.46. The monoisotopic (exact) mass is 380 g/mol. The van der Waals surface area contributed by atoms with Crippen molar-refractivity contribution in [2.45, 2.75) is 35.4 Å². The average Bonchev–Trinajstić information content (AvgIpc) is 3.05. The first-order chi connectivity index (χ1) is 12.5. The van der Waals surface area contributed by atoms with Crippen LogP contribution in [0.15, 0.2) is 34.4 Å². The Hall–Kier alpha value is -2.36. The van der Waals surface area contributed by atoms with Crippen molar-refractivity contribution in [3.05, 3.63) is 30.2 Å². The van der Waals surface area contributed by atoms with Gasteiger partial charge in [0.05, 0.1) is 6.20 Å². The summed E-state index contributed by atoms with van der Waals surface area (Å²) in [5.74, 6) is 0.708. The smallest absolute Gasteiger partial charge is 0.342 e. The number of rotatable bonds is 3. The number of halogens is 3. The molecule has 3 aromatic heterocycles. The molecule has 1 N–H and O–H groups in total. The van der Waals surface area contributed by atoms with Crippen LogP contribution >= 0.6 is 11.8 Å². The number of alkyl halides is 3. The van der Waals surface area contributed by atoms with Gasteiger partial charge >= 0.3 is 6.18 Å². The molecule has 0 atom stereocenters. The largest absolute Gasteiger partial charge is 0.434 e. The second kappa shape index (κ2) is 6.75. The quantitative estimate of drug-likeness (QED) is 0.743. The van der Waals surface area contributed by atoms with Crippen LogP contribution in [0.4, 0.5) is 19.1 Å². The molecule has 0 saturated carbocycles. The van der Waals surface area contributed by atoms with Crippen LogP contribution in [0.1, 0.15) is 25.0 Å².